The first-order chi connectivity index (χ1) is 14.6. The summed E-state index contributed by atoms with van der Waals surface area (Å²) in [6, 6.07) is 7.73. The number of benzene rings is 1. The first-order valence-corrected chi connectivity index (χ1v) is 12.0. The minimum atomic E-state index is -0.686. The second-order valence-electron chi connectivity index (χ2n) is 9.07. The zero-order valence-electron chi connectivity index (χ0n) is 19.0. The maximum Gasteiger partial charge on any atom is 0.256 e. The van der Waals surface area contributed by atoms with Crippen LogP contribution in [0.1, 0.15) is 71.6 Å². The van der Waals surface area contributed by atoms with Crippen molar-refractivity contribution in [2.24, 2.45) is 5.92 Å². The average Bonchev–Trinajstić information content (AvgIpc) is 3.01. The van der Waals surface area contributed by atoms with Gasteiger partial charge in [0.05, 0.1) is 6.61 Å². The van der Waals surface area contributed by atoms with Crippen LogP contribution in [0.3, 0.4) is 0 Å². The zero-order chi connectivity index (χ0) is 21.2. The Kier molecular flexibility index (Phi) is 9.01. The Bertz CT molecular complexity index is 636. The molecule has 5 nitrogen and oxygen atoms in total. The van der Waals surface area contributed by atoms with Crippen LogP contribution < -0.4 is 10.1 Å². The average molecular weight is 417 g/mol. The van der Waals surface area contributed by atoms with Gasteiger partial charge >= 0.3 is 0 Å². The molecule has 1 aromatic carbocycles. The van der Waals surface area contributed by atoms with E-state index in [2.05, 4.69) is 17.1 Å². The van der Waals surface area contributed by atoms with E-state index in [1.54, 1.807) is 0 Å². The third-order valence-electron chi connectivity index (χ3n) is 6.49. The number of rotatable bonds is 9. The summed E-state index contributed by atoms with van der Waals surface area (Å²) < 4.78 is 11.9. The van der Waals surface area contributed by atoms with E-state index in [0.717, 1.165) is 50.3 Å². The van der Waals surface area contributed by atoms with Gasteiger partial charge in [0.2, 0.25) is 0 Å². The number of ether oxygens (including phenoxy) is 2. The van der Waals surface area contributed by atoms with E-state index in [0.29, 0.717) is 12.5 Å². The van der Waals surface area contributed by atoms with Crippen LogP contribution in [0.2, 0.25) is 0 Å². The topological polar surface area (TPSA) is 50.8 Å². The van der Waals surface area contributed by atoms with E-state index in [9.17, 15) is 4.79 Å². The molecule has 1 N–H and O–H groups in total. The zero-order valence-corrected chi connectivity index (χ0v) is 19.0. The molecule has 1 aliphatic heterocycles. The molecule has 0 aromatic heterocycles. The van der Waals surface area contributed by atoms with Crippen molar-refractivity contribution in [2.45, 2.75) is 77.2 Å². The molecule has 1 aliphatic carbocycles. The first-order valence-electron chi connectivity index (χ1n) is 12.0. The van der Waals surface area contributed by atoms with Gasteiger partial charge in [-0.25, -0.2) is 0 Å². The third kappa shape index (κ3) is 6.71. The fourth-order valence-corrected chi connectivity index (χ4v) is 4.90. The molecule has 0 bridgehead atoms. The third-order valence-corrected chi connectivity index (χ3v) is 6.49. The Morgan fingerprint density at radius 1 is 1.13 bits per heavy atom. The van der Waals surface area contributed by atoms with Gasteiger partial charge in [0.1, 0.15) is 11.4 Å². The van der Waals surface area contributed by atoms with E-state index in [4.69, 9.17) is 9.47 Å². The van der Waals surface area contributed by atoms with Crippen molar-refractivity contribution in [1.82, 2.24) is 4.90 Å². The molecule has 168 valence electrons. The summed E-state index contributed by atoms with van der Waals surface area (Å²) in [6.07, 6.45) is 10.3. The number of hydrogen-bond acceptors (Lipinski definition) is 4. The van der Waals surface area contributed by atoms with Crippen molar-refractivity contribution in [3.05, 3.63) is 24.3 Å². The van der Waals surface area contributed by atoms with Crippen LogP contribution in [0, 0.1) is 5.92 Å². The van der Waals surface area contributed by atoms with Crippen molar-refractivity contribution in [2.75, 3.05) is 38.2 Å². The molecule has 0 spiro atoms. The Labute approximate surface area is 182 Å². The smallest absolute Gasteiger partial charge is 0.256 e. The number of likely N-dealkylation sites (tertiary alicyclic amines) is 1. The summed E-state index contributed by atoms with van der Waals surface area (Å²) >= 11 is 0. The summed E-state index contributed by atoms with van der Waals surface area (Å²) in [5.41, 5.74) is 0.115. The number of carbonyl (C=O) groups is 1. The molecule has 1 saturated heterocycles. The van der Waals surface area contributed by atoms with Crippen LogP contribution in [0.4, 0.5) is 5.69 Å². The quantitative estimate of drug-likeness (QED) is 0.558. The van der Waals surface area contributed by atoms with Gasteiger partial charge in [-0.2, -0.15) is 0 Å². The number of nitrogens with zero attached hydrogens (tertiary/aromatic N) is 1. The lowest BCUT2D eigenvalue weighted by Gasteiger charge is -2.38. The summed E-state index contributed by atoms with van der Waals surface area (Å²) in [7, 11) is 0. The lowest BCUT2D eigenvalue weighted by molar-refractivity contribution is -0.147. The van der Waals surface area contributed by atoms with Gasteiger partial charge in [-0.3, -0.25) is 4.79 Å². The van der Waals surface area contributed by atoms with E-state index in [1.807, 2.05) is 31.2 Å². The molecular formula is C25H40N2O3. The first kappa shape index (κ1) is 23.1. The van der Waals surface area contributed by atoms with Crippen LogP contribution in [-0.2, 0) is 9.53 Å². The number of nitrogens with one attached hydrogen (secondary N) is 1. The predicted molar refractivity (Wildman–Crippen MR) is 122 cm³/mol. The fourth-order valence-electron chi connectivity index (χ4n) is 4.90. The monoisotopic (exact) mass is 416 g/mol. The Morgan fingerprint density at radius 2 is 1.87 bits per heavy atom. The van der Waals surface area contributed by atoms with E-state index >= 15 is 0 Å². The Hall–Kier alpha value is -1.59. The second-order valence-corrected chi connectivity index (χ2v) is 9.07. The van der Waals surface area contributed by atoms with Crippen molar-refractivity contribution in [3.8, 4) is 5.75 Å². The van der Waals surface area contributed by atoms with Gasteiger partial charge in [0.15, 0.2) is 0 Å². The second kappa shape index (κ2) is 11.7. The molecule has 0 radical (unpaired) electrons. The summed E-state index contributed by atoms with van der Waals surface area (Å²) in [5, 5.41) is 3.08. The molecule has 0 unspecified atom stereocenters. The summed E-state index contributed by atoms with van der Waals surface area (Å²) in [4.78, 5) is 15.6. The van der Waals surface area contributed by atoms with Gasteiger partial charge in [-0.05, 0) is 88.7 Å². The maximum absolute atomic E-state index is 13.0. The standard InChI is InChI=1S/C25H40N2O3/c1-3-30-25(15-8-10-21(2)20-25)24(28)26-22-11-13-23(14-12-22)29-19-9-18-27-16-6-4-5-7-17-27/h11-14,21H,3-10,15-20H2,1-2H3,(H,26,28)/t21-,25-/m0/s1. The molecular weight excluding hydrogens is 376 g/mol. The van der Waals surface area contributed by atoms with Crippen LogP contribution in [0.5, 0.6) is 5.75 Å². The number of amides is 1. The highest BCUT2D eigenvalue weighted by Crippen LogP contribution is 2.36. The van der Waals surface area contributed by atoms with Gasteiger partial charge in [0, 0.05) is 18.8 Å². The van der Waals surface area contributed by atoms with Gasteiger partial charge in [0.25, 0.3) is 5.91 Å². The number of hydrogen-bond donors (Lipinski definition) is 1. The molecule has 1 amide bonds. The van der Waals surface area contributed by atoms with Crippen LogP contribution in [0.15, 0.2) is 24.3 Å². The Balaban J connectivity index is 1.44. The number of anilines is 1. The van der Waals surface area contributed by atoms with E-state index in [1.165, 1.54) is 45.2 Å². The highest BCUT2D eigenvalue weighted by Gasteiger charge is 2.42. The molecule has 30 heavy (non-hydrogen) atoms. The molecule has 1 saturated carbocycles. The largest absolute Gasteiger partial charge is 0.494 e. The SMILES string of the molecule is CCO[C@@]1(C(=O)Nc2ccc(OCCCN3CCCCCC3)cc2)CCC[C@H](C)C1. The molecule has 1 heterocycles. The van der Waals surface area contributed by atoms with Crippen LogP contribution in [0.25, 0.3) is 0 Å². The molecule has 2 aliphatic rings. The van der Waals surface area contributed by atoms with Crippen molar-refractivity contribution < 1.29 is 14.3 Å². The molecule has 2 atom stereocenters. The minimum Gasteiger partial charge on any atom is -0.494 e. The molecule has 2 fully saturated rings. The van der Waals surface area contributed by atoms with E-state index < -0.39 is 5.60 Å². The minimum absolute atomic E-state index is 0.0120. The van der Waals surface area contributed by atoms with Crippen LogP contribution in [-0.4, -0.2) is 49.3 Å². The van der Waals surface area contributed by atoms with E-state index in [-0.39, 0.29) is 5.91 Å². The molecule has 5 heteroatoms. The van der Waals surface area contributed by atoms with Crippen molar-refractivity contribution in [3.63, 3.8) is 0 Å². The van der Waals surface area contributed by atoms with Crippen LogP contribution >= 0.6 is 0 Å². The maximum atomic E-state index is 13.0. The number of carbonyl (C=O) groups excluding carboxylic acids is 1. The normalized spacial score (nSPS) is 25.5. The fraction of sp³-hybridized carbons (Fsp3) is 0.720. The highest BCUT2D eigenvalue weighted by atomic mass is 16.5. The van der Waals surface area contributed by atoms with Crippen molar-refractivity contribution >= 4 is 11.6 Å². The lowest BCUT2D eigenvalue weighted by atomic mass is 9.78. The summed E-state index contributed by atoms with van der Waals surface area (Å²) in [5.74, 6) is 1.36. The Morgan fingerprint density at radius 3 is 2.53 bits per heavy atom. The highest BCUT2D eigenvalue weighted by molar-refractivity contribution is 5.97. The van der Waals surface area contributed by atoms with Gasteiger partial charge in [-0.15, -0.1) is 0 Å². The van der Waals surface area contributed by atoms with Gasteiger partial charge in [-0.1, -0.05) is 26.2 Å². The lowest BCUT2D eigenvalue weighted by Crippen LogP contribution is -2.48. The molecule has 3 rings (SSSR count). The van der Waals surface area contributed by atoms with Crippen molar-refractivity contribution in [1.29, 1.82) is 0 Å². The summed E-state index contributed by atoms with van der Waals surface area (Å²) in [6.45, 7) is 9.04. The molecule has 1 aromatic rings. The van der Waals surface area contributed by atoms with Gasteiger partial charge < -0.3 is 19.7 Å². The predicted octanol–water partition coefficient (Wildman–Crippen LogP) is 5.26.